The highest BCUT2D eigenvalue weighted by Gasteiger charge is 2.16. The Morgan fingerprint density at radius 3 is 2.76 bits per heavy atom. The molecule has 1 atom stereocenters. The zero-order valence-electron chi connectivity index (χ0n) is 9.77. The summed E-state index contributed by atoms with van der Waals surface area (Å²) in [6.45, 7) is 1.57. The van der Waals surface area contributed by atoms with Gasteiger partial charge in [0.05, 0.1) is 13.5 Å². The van der Waals surface area contributed by atoms with Gasteiger partial charge in [-0.25, -0.2) is 0 Å². The molecule has 0 spiro atoms. The van der Waals surface area contributed by atoms with Crippen LogP contribution in [0, 0.1) is 5.92 Å². The second-order valence-corrected chi connectivity index (χ2v) is 3.72. The van der Waals surface area contributed by atoms with E-state index in [0.717, 1.165) is 0 Å². The van der Waals surface area contributed by atoms with Crippen LogP contribution in [0.3, 0.4) is 0 Å². The van der Waals surface area contributed by atoms with Crippen LogP contribution in [-0.4, -0.2) is 24.1 Å². The van der Waals surface area contributed by atoms with Gasteiger partial charge in [0.25, 0.3) is 0 Å². The number of hydrogen-bond donors (Lipinski definition) is 2. The number of ether oxygens (including phenoxy) is 1. The number of benzene rings is 1. The maximum absolute atomic E-state index is 11.6. The Bertz CT molecular complexity index is 417. The molecular weight excluding hydrogens is 222 g/mol. The molecule has 1 aromatic rings. The number of carbonyl (C=O) groups excluding carboxylic acids is 1. The van der Waals surface area contributed by atoms with Crippen molar-refractivity contribution in [1.82, 2.24) is 0 Å². The highest BCUT2D eigenvalue weighted by molar-refractivity contribution is 5.94. The molecule has 0 aliphatic heterocycles. The number of amides is 1. The van der Waals surface area contributed by atoms with E-state index in [9.17, 15) is 9.59 Å². The molecule has 1 unspecified atom stereocenters. The van der Waals surface area contributed by atoms with Gasteiger partial charge in [0, 0.05) is 17.7 Å². The van der Waals surface area contributed by atoms with Gasteiger partial charge < -0.3 is 15.2 Å². The van der Waals surface area contributed by atoms with E-state index in [1.165, 1.54) is 7.11 Å². The third-order valence-electron chi connectivity index (χ3n) is 2.27. The molecule has 5 nitrogen and oxygen atoms in total. The Labute approximate surface area is 99.4 Å². The number of hydrogen-bond acceptors (Lipinski definition) is 3. The molecule has 17 heavy (non-hydrogen) atoms. The molecule has 0 aliphatic rings. The summed E-state index contributed by atoms with van der Waals surface area (Å²) in [6.07, 6.45) is -0.185. The van der Waals surface area contributed by atoms with E-state index in [4.69, 9.17) is 9.84 Å². The zero-order valence-corrected chi connectivity index (χ0v) is 9.77. The minimum atomic E-state index is -0.988. The molecule has 0 saturated heterocycles. The van der Waals surface area contributed by atoms with E-state index in [1.807, 2.05) is 0 Å². The van der Waals surface area contributed by atoms with Crippen LogP contribution in [0.1, 0.15) is 13.3 Å². The fourth-order valence-electron chi connectivity index (χ4n) is 1.32. The summed E-state index contributed by atoms with van der Waals surface area (Å²) in [5.74, 6) is -1.24. The Kier molecular flexibility index (Phi) is 4.51. The van der Waals surface area contributed by atoms with Gasteiger partial charge in [-0.15, -0.1) is 0 Å². The van der Waals surface area contributed by atoms with Crippen LogP contribution in [0.5, 0.6) is 5.75 Å². The first-order valence-corrected chi connectivity index (χ1v) is 5.19. The third kappa shape index (κ3) is 4.14. The minimum absolute atomic E-state index is 0.185. The van der Waals surface area contributed by atoms with Crippen molar-refractivity contribution in [3.63, 3.8) is 0 Å². The predicted octanol–water partition coefficient (Wildman–Crippen LogP) is 1.74. The highest BCUT2D eigenvalue weighted by atomic mass is 16.5. The standard InChI is InChI=1S/C12H15NO4/c1-8(6-11(14)15)12(16)13-9-4-3-5-10(7-9)17-2/h3-5,7-8H,6H2,1-2H3,(H,13,16)(H,14,15). The molecule has 1 rings (SSSR count). The van der Waals surface area contributed by atoms with Crippen molar-refractivity contribution in [3.8, 4) is 5.75 Å². The predicted molar refractivity (Wildman–Crippen MR) is 63.0 cm³/mol. The lowest BCUT2D eigenvalue weighted by Gasteiger charge is -2.10. The van der Waals surface area contributed by atoms with E-state index < -0.39 is 11.9 Å². The fourth-order valence-corrected chi connectivity index (χ4v) is 1.32. The van der Waals surface area contributed by atoms with Crippen LogP contribution in [0.15, 0.2) is 24.3 Å². The van der Waals surface area contributed by atoms with Crippen molar-refractivity contribution >= 4 is 17.6 Å². The molecule has 1 amide bonds. The second-order valence-electron chi connectivity index (χ2n) is 3.72. The first kappa shape index (κ1) is 13.0. The van der Waals surface area contributed by atoms with Gasteiger partial charge in [0.15, 0.2) is 0 Å². The van der Waals surface area contributed by atoms with Gasteiger partial charge in [0.2, 0.25) is 5.91 Å². The first-order chi connectivity index (χ1) is 8.02. The van der Waals surface area contributed by atoms with E-state index in [0.29, 0.717) is 11.4 Å². The number of nitrogens with one attached hydrogen (secondary N) is 1. The lowest BCUT2D eigenvalue weighted by Crippen LogP contribution is -2.22. The molecule has 2 N–H and O–H groups in total. The van der Waals surface area contributed by atoms with Crippen molar-refractivity contribution in [2.75, 3.05) is 12.4 Å². The average Bonchev–Trinajstić information content (AvgIpc) is 2.28. The van der Waals surface area contributed by atoms with E-state index in [1.54, 1.807) is 31.2 Å². The Morgan fingerprint density at radius 1 is 1.47 bits per heavy atom. The van der Waals surface area contributed by atoms with Gasteiger partial charge in [0.1, 0.15) is 5.75 Å². The molecular formula is C12H15NO4. The van der Waals surface area contributed by atoms with E-state index >= 15 is 0 Å². The summed E-state index contributed by atoms with van der Waals surface area (Å²) in [4.78, 5) is 22.1. The largest absolute Gasteiger partial charge is 0.497 e. The monoisotopic (exact) mass is 237 g/mol. The molecule has 0 aromatic heterocycles. The van der Waals surface area contributed by atoms with Gasteiger partial charge >= 0.3 is 5.97 Å². The number of carbonyl (C=O) groups is 2. The van der Waals surface area contributed by atoms with Gasteiger partial charge in [-0.2, -0.15) is 0 Å². The molecule has 0 heterocycles. The van der Waals surface area contributed by atoms with Crippen LogP contribution in [0.4, 0.5) is 5.69 Å². The Morgan fingerprint density at radius 2 is 2.18 bits per heavy atom. The molecule has 1 aromatic carbocycles. The maximum Gasteiger partial charge on any atom is 0.304 e. The summed E-state index contributed by atoms with van der Waals surface area (Å²) in [5, 5.41) is 11.2. The smallest absolute Gasteiger partial charge is 0.304 e. The minimum Gasteiger partial charge on any atom is -0.497 e. The van der Waals surface area contributed by atoms with Crippen LogP contribution in [-0.2, 0) is 9.59 Å². The number of anilines is 1. The first-order valence-electron chi connectivity index (χ1n) is 5.19. The van der Waals surface area contributed by atoms with Crippen molar-refractivity contribution in [2.24, 2.45) is 5.92 Å². The molecule has 0 bridgehead atoms. The summed E-state index contributed by atoms with van der Waals surface area (Å²) >= 11 is 0. The van der Waals surface area contributed by atoms with E-state index in [-0.39, 0.29) is 12.3 Å². The van der Waals surface area contributed by atoms with Crippen molar-refractivity contribution < 1.29 is 19.4 Å². The quantitative estimate of drug-likeness (QED) is 0.818. The molecule has 0 aliphatic carbocycles. The maximum atomic E-state index is 11.6. The van der Waals surface area contributed by atoms with Crippen LogP contribution < -0.4 is 10.1 Å². The number of methoxy groups -OCH3 is 1. The zero-order chi connectivity index (χ0) is 12.8. The van der Waals surface area contributed by atoms with Gasteiger partial charge in [-0.05, 0) is 12.1 Å². The van der Waals surface area contributed by atoms with Crippen molar-refractivity contribution in [3.05, 3.63) is 24.3 Å². The lowest BCUT2D eigenvalue weighted by atomic mass is 10.1. The molecule has 92 valence electrons. The summed E-state index contributed by atoms with van der Waals surface area (Å²) < 4.78 is 5.02. The fraction of sp³-hybridized carbons (Fsp3) is 0.333. The number of aliphatic carboxylic acids is 1. The number of carboxylic acids is 1. The third-order valence-corrected chi connectivity index (χ3v) is 2.27. The van der Waals surface area contributed by atoms with E-state index in [2.05, 4.69) is 5.32 Å². The Hall–Kier alpha value is -2.04. The highest BCUT2D eigenvalue weighted by Crippen LogP contribution is 2.17. The SMILES string of the molecule is COc1cccc(NC(=O)C(C)CC(=O)O)c1. The lowest BCUT2D eigenvalue weighted by molar-refractivity contribution is -0.139. The molecule has 0 radical (unpaired) electrons. The molecule has 0 saturated carbocycles. The second kappa shape index (κ2) is 5.89. The number of carboxylic acid groups (broad SMARTS) is 1. The van der Waals surface area contributed by atoms with Crippen LogP contribution in [0.25, 0.3) is 0 Å². The molecule has 0 fully saturated rings. The Balaban J connectivity index is 2.64. The molecule has 5 heteroatoms. The van der Waals surface area contributed by atoms with Crippen LogP contribution >= 0.6 is 0 Å². The van der Waals surface area contributed by atoms with Crippen molar-refractivity contribution in [2.45, 2.75) is 13.3 Å². The average molecular weight is 237 g/mol. The summed E-state index contributed by atoms with van der Waals surface area (Å²) in [6, 6.07) is 6.89. The van der Waals surface area contributed by atoms with Gasteiger partial charge in [-0.3, -0.25) is 9.59 Å². The summed E-state index contributed by atoms with van der Waals surface area (Å²) in [5.41, 5.74) is 0.589. The normalized spacial score (nSPS) is 11.6. The number of rotatable bonds is 5. The van der Waals surface area contributed by atoms with Gasteiger partial charge in [-0.1, -0.05) is 13.0 Å². The summed E-state index contributed by atoms with van der Waals surface area (Å²) in [7, 11) is 1.54. The van der Waals surface area contributed by atoms with Crippen LogP contribution in [0.2, 0.25) is 0 Å². The topological polar surface area (TPSA) is 75.6 Å². The van der Waals surface area contributed by atoms with Crippen molar-refractivity contribution in [1.29, 1.82) is 0 Å².